The average Bonchev–Trinajstić information content (AvgIpc) is 2.81. The molecular weight excluding hydrogens is 258 g/mol. The maximum Gasteiger partial charge on any atom is 0.0810 e. The zero-order valence-electron chi connectivity index (χ0n) is 12.4. The van der Waals surface area contributed by atoms with Crippen LogP contribution in [-0.4, -0.2) is 26.4 Å². The van der Waals surface area contributed by atoms with E-state index in [4.69, 9.17) is 9.47 Å². The van der Waals surface area contributed by atoms with Crippen molar-refractivity contribution in [1.82, 2.24) is 5.32 Å². The molecule has 0 radical (unpaired) electrons. The molecule has 0 aromatic carbocycles. The van der Waals surface area contributed by atoms with Crippen molar-refractivity contribution in [3.05, 3.63) is 21.9 Å². The van der Waals surface area contributed by atoms with E-state index in [0.717, 1.165) is 26.1 Å². The SMILES string of the molecule is CCCOCCOCc1ccc(CNCC(C)C)s1. The van der Waals surface area contributed by atoms with Gasteiger partial charge < -0.3 is 14.8 Å². The van der Waals surface area contributed by atoms with E-state index in [-0.39, 0.29) is 0 Å². The molecule has 3 nitrogen and oxygen atoms in total. The molecule has 0 aliphatic carbocycles. The van der Waals surface area contributed by atoms with Crippen molar-refractivity contribution in [1.29, 1.82) is 0 Å². The molecule has 0 bridgehead atoms. The molecule has 1 aromatic heterocycles. The Labute approximate surface area is 121 Å². The van der Waals surface area contributed by atoms with Gasteiger partial charge in [0.2, 0.25) is 0 Å². The highest BCUT2D eigenvalue weighted by molar-refractivity contribution is 7.11. The number of hydrogen-bond acceptors (Lipinski definition) is 4. The Bertz CT molecular complexity index is 326. The van der Waals surface area contributed by atoms with Crippen LogP contribution in [0.3, 0.4) is 0 Å². The fourth-order valence-corrected chi connectivity index (χ4v) is 2.54. The van der Waals surface area contributed by atoms with E-state index in [9.17, 15) is 0 Å². The van der Waals surface area contributed by atoms with Crippen molar-refractivity contribution in [3.63, 3.8) is 0 Å². The second-order valence-electron chi connectivity index (χ2n) is 5.06. The number of hydrogen-bond donors (Lipinski definition) is 1. The van der Waals surface area contributed by atoms with Crippen LogP contribution >= 0.6 is 11.3 Å². The molecular formula is C15H27NO2S. The number of thiophene rings is 1. The van der Waals surface area contributed by atoms with E-state index < -0.39 is 0 Å². The second kappa shape index (κ2) is 10.4. The monoisotopic (exact) mass is 285 g/mol. The van der Waals surface area contributed by atoms with E-state index in [2.05, 4.69) is 38.2 Å². The molecule has 0 fully saturated rings. The van der Waals surface area contributed by atoms with Gasteiger partial charge in [-0.25, -0.2) is 0 Å². The quantitative estimate of drug-likeness (QED) is 0.632. The molecule has 4 heteroatoms. The first-order valence-electron chi connectivity index (χ1n) is 7.16. The summed E-state index contributed by atoms with van der Waals surface area (Å²) >= 11 is 1.82. The average molecular weight is 285 g/mol. The van der Waals surface area contributed by atoms with Crippen molar-refractivity contribution in [2.45, 2.75) is 40.3 Å². The normalized spacial score (nSPS) is 11.4. The highest BCUT2D eigenvalue weighted by Gasteiger charge is 2.01. The van der Waals surface area contributed by atoms with Gasteiger partial charge in [-0.15, -0.1) is 11.3 Å². The van der Waals surface area contributed by atoms with Crippen LogP contribution in [0.4, 0.5) is 0 Å². The van der Waals surface area contributed by atoms with Crippen molar-refractivity contribution >= 4 is 11.3 Å². The number of nitrogens with one attached hydrogen (secondary N) is 1. The lowest BCUT2D eigenvalue weighted by Gasteiger charge is -2.05. The predicted octanol–water partition coefficient (Wildman–Crippen LogP) is 3.44. The Balaban J connectivity index is 2.09. The molecule has 1 N–H and O–H groups in total. The first-order chi connectivity index (χ1) is 9.22. The van der Waals surface area contributed by atoms with Crippen LogP contribution in [0.2, 0.25) is 0 Å². The first kappa shape index (κ1) is 16.6. The predicted molar refractivity (Wildman–Crippen MR) is 81.6 cm³/mol. The first-order valence-corrected chi connectivity index (χ1v) is 7.97. The Hall–Kier alpha value is -0.420. The summed E-state index contributed by atoms with van der Waals surface area (Å²) in [6, 6.07) is 4.34. The van der Waals surface area contributed by atoms with Crippen LogP contribution in [-0.2, 0) is 22.6 Å². The largest absolute Gasteiger partial charge is 0.379 e. The van der Waals surface area contributed by atoms with Gasteiger partial charge in [0.25, 0.3) is 0 Å². The highest BCUT2D eigenvalue weighted by atomic mass is 32.1. The molecule has 110 valence electrons. The summed E-state index contributed by atoms with van der Waals surface area (Å²) in [4.78, 5) is 2.67. The van der Waals surface area contributed by atoms with Gasteiger partial charge in [0.15, 0.2) is 0 Å². The van der Waals surface area contributed by atoms with E-state index in [0.29, 0.717) is 25.7 Å². The summed E-state index contributed by atoms with van der Waals surface area (Å²) in [6.45, 7) is 11.5. The molecule has 0 aliphatic rings. The molecule has 1 rings (SSSR count). The summed E-state index contributed by atoms with van der Waals surface area (Å²) in [5.74, 6) is 0.700. The molecule has 0 amide bonds. The molecule has 0 unspecified atom stereocenters. The minimum absolute atomic E-state index is 0.679. The topological polar surface area (TPSA) is 30.5 Å². The molecule has 19 heavy (non-hydrogen) atoms. The van der Waals surface area contributed by atoms with Gasteiger partial charge >= 0.3 is 0 Å². The van der Waals surface area contributed by atoms with Gasteiger partial charge in [-0.1, -0.05) is 20.8 Å². The zero-order chi connectivity index (χ0) is 13.9. The third kappa shape index (κ3) is 8.37. The number of rotatable bonds is 11. The van der Waals surface area contributed by atoms with Crippen LogP contribution < -0.4 is 5.32 Å². The Kier molecular flexibility index (Phi) is 9.08. The van der Waals surface area contributed by atoms with Crippen LogP contribution in [0.15, 0.2) is 12.1 Å². The summed E-state index contributed by atoms with van der Waals surface area (Å²) in [5, 5.41) is 3.45. The molecule has 0 saturated carbocycles. The Morgan fingerprint density at radius 1 is 1.11 bits per heavy atom. The minimum atomic E-state index is 0.679. The van der Waals surface area contributed by atoms with Crippen LogP contribution in [0.1, 0.15) is 36.9 Å². The van der Waals surface area contributed by atoms with Crippen molar-refractivity contribution in [3.8, 4) is 0 Å². The third-order valence-corrected chi connectivity index (χ3v) is 3.59. The minimum Gasteiger partial charge on any atom is -0.379 e. The van der Waals surface area contributed by atoms with E-state index in [1.54, 1.807) is 0 Å². The van der Waals surface area contributed by atoms with E-state index in [1.807, 2.05) is 11.3 Å². The summed E-state index contributed by atoms with van der Waals surface area (Å²) < 4.78 is 11.0. The smallest absolute Gasteiger partial charge is 0.0810 e. The lowest BCUT2D eigenvalue weighted by molar-refractivity contribution is 0.0417. The summed E-state index contributed by atoms with van der Waals surface area (Å²) in [6.07, 6.45) is 1.07. The van der Waals surface area contributed by atoms with Gasteiger partial charge in [0.1, 0.15) is 0 Å². The van der Waals surface area contributed by atoms with Crippen LogP contribution in [0.5, 0.6) is 0 Å². The fourth-order valence-electron chi connectivity index (χ4n) is 1.62. The molecule has 0 atom stereocenters. The van der Waals surface area contributed by atoms with E-state index >= 15 is 0 Å². The lowest BCUT2D eigenvalue weighted by atomic mass is 10.2. The highest BCUT2D eigenvalue weighted by Crippen LogP contribution is 2.17. The number of ether oxygens (including phenoxy) is 2. The van der Waals surface area contributed by atoms with Gasteiger partial charge in [0.05, 0.1) is 19.8 Å². The lowest BCUT2D eigenvalue weighted by Crippen LogP contribution is -2.18. The standard InChI is InChI=1S/C15H27NO2S/c1-4-7-17-8-9-18-12-15-6-5-14(19-15)11-16-10-13(2)3/h5-6,13,16H,4,7-12H2,1-3H3. The van der Waals surface area contributed by atoms with Crippen LogP contribution in [0.25, 0.3) is 0 Å². The molecule has 1 heterocycles. The molecule has 1 aromatic rings. The Morgan fingerprint density at radius 2 is 1.84 bits per heavy atom. The van der Waals surface area contributed by atoms with Crippen molar-refractivity contribution in [2.24, 2.45) is 5.92 Å². The maximum atomic E-state index is 5.59. The Morgan fingerprint density at radius 3 is 2.58 bits per heavy atom. The maximum absolute atomic E-state index is 5.59. The summed E-state index contributed by atoms with van der Waals surface area (Å²) in [5.41, 5.74) is 0. The third-order valence-electron chi connectivity index (χ3n) is 2.53. The van der Waals surface area contributed by atoms with Gasteiger partial charge in [-0.2, -0.15) is 0 Å². The summed E-state index contributed by atoms with van der Waals surface area (Å²) in [7, 11) is 0. The van der Waals surface area contributed by atoms with Crippen molar-refractivity contribution < 1.29 is 9.47 Å². The molecule has 0 aliphatic heterocycles. The van der Waals surface area contributed by atoms with Gasteiger partial charge in [0, 0.05) is 22.9 Å². The van der Waals surface area contributed by atoms with Crippen LogP contribution in [0, 0.1) is 5.92 Å². The van der Waals surface area contributed by atoms with Gasteiger partial charge in [-0.05, 0) is 31.0 Å². The molecule has 0 saturated heterocycles. The zero-order valence-corrected chi connectivity index (χ0v) is 13.2. The van der Waals surface area contributed by atoms with Crippen molar-refractivity contribution in [2.75, 3.05) is 26.4 Å². The second-order valence-corrected chi connectivity index (χ2v) is 6.31. The van der Waals surface area contributed by atoms with E-state index in [1.165, 1.54) is 9.75 Å². The van der Waals surface area contributed by atoms with Gasteiger partial charge in [-0.3, -0.25) is 0 Å². The molecule has 0 spiro atoms. The fraction of sp³-hybridized carbons (Fsp3) is 0.733.